The van der Waals surface area contributed by atoms with Crippen LogP contribution in [-0.4, -0.2) is 45.8 Å². The average Bonchev–Trinajstić information content (AvgIpc) is 3.00. The molecule has 1 aromatic heterocycles. The lowest BCUT2D eigenvalue weighted by Gasteiger charge is -2.21. The number of amides is 2. The van der Waals surface area contributed by atoms with Gasteiger partial charge < -0.3 is 5.32 Å². The van der Waals surface area contributed by atoms with Crippen LogP contribution < -0.4 is 5.32 Å². The van der Waals surface area contributed by atoms with Crippen LogP contribution in [0.15, 0.2) is 28.6 Å². The Balaban J connectivity index is 1.76. The minimum atomic E-state index is -0.413. The summed E-state index contributed by atoms with van der Waals surface area (Å²) in [5.74, 6) is -1.02. The van der Waals surface area contributed by atoms with E-state index in [0.717, 1.165) is 12.8 Å². The number of thioether (sulfide) groups is 1. The SMILES string of the molecule is CNc1nnc(SC2CCCCN(C(=O)c3ccc(F)cc3)C2=O)s1. The molecule has 1 atom stereocenters. The van der Waals surface area contributed by atoms with E-state index >= 15 is 0 Å². The van der Waals surface area contributed by atoms with Gasteiger partial charge in [-0.25, -0.2) is 4.39 Å². The van der Waals surface area contributed by atoms with E-state index in [-0.39, 0.29) is 17.1 Å². The maximum atomic E-state index is 13.1. The third kappa shape index (κ3) is 4.16. The number of anilines is 1. The number of likely N-dealkylation sites (tertiary alicyclic amines) is 1. The summed E-state index contributed by atoms with van der Waals surface area (Å²) in [7, 11) is 1.76. The summed E-state index contributed by atoms with van der Waals surface area (Å²) in [4.78, 5) is 26.8. The molecule has 25 heavy (non-hydrogen) atoms. The maximum Gasteiger partial charge on any atom is 0.260 e. The number of carbonyl (C=O) groups is 2. The van der Waals surface area contributed by atoms with Crippen molar-refractivity contribution in [2.75, 3.05) is 18.9 Å². The lowest BCUT2D eigenvalue weighted by atomic mass is 10.2. The molecule has 1 N–H and O–H groups in total. The number of benzene rings is 1. The molecule has 1 unspecified atom stereocenters. The first-order chi connectivity index (χ1) is 12.1. The second kappa shape index (κ2) is 7.92. The van der Waals surface area contributed by atoms with Crippen molar-refractivity contribution >= 4 is 40.0 Å². The summed E-state index contributed by atoms with van der Waals surface area (Å²) in [6.07, 6.45) is 2.30. The monoisotopic (exact) mass is 380 g/mol. The molecule has 1 aliphatic heterocycles. The van der Waals surface area contributed by atoms with Crippen LogP contribution in [0, 0.1) is 5.82 Å². The zero-order valence-electron chi connectivity index (χ0n) is 13.6. The van der Waals surface area contributed by atoms with Gasteiger partial charge in [0, 0.05) is 19.2 Å². The molecular weight excluding hydrogens is 363 g/mol. The minimum Gasteiger partial charge on any atom is -0.363 e. The molecule has 3 rings (SSSR count). The molecule has 2 aromatic rings. The second-order valence-corrected chi connectivity index (χ2v) is 7.95. The number of carbonyl (C=O) groups excluding carboxylic acids is 2. The molecule has 1 aliphatic rings. The van der Waals surface area contributed by atoms with Gasteiger partial charge in [0.1, 0.15) is 5.82 Å². The molecule has 1 saturated heterocycles. The Kier molecular flexibility index (Phi) is 5.64. The number of imide groups is 1. The van der Waals surface area contributed by atoms with Crippen LogP contribution in [0.1, 0.15) is 29.6 Å². The quantitative estimate of drug-likeness (QED) is 0.822. The molecule has 9 heteroatoms. The van der Waals surface area contributed by atoms with Gasteiger partial charge >= 0.3 is 0 Å². The Hall–Kier alpha value is -2.00. The standard InChI is InChI=1S/C16H17FN4O2S2/c1-18-15-19-20-16(25-15)24-12-4-2-3-9-21(14(12)23)13(22)10-5-7-11(17)8-6-10/h5-8,12H,2-4,9H2,1H3,(H,18,19). The first kappa shape index (κ1) is 17.8. The van der Waals surface area contributed by atoms with Crippen LogP contribution in [0.2, 0.25) is 0 Å². The van der Waals surface area contributed by atoms with E-state index in [1.807, 2.05) is 0 Å². The number of aromatic nitrogens is 2. The molecule has 132 valence electrons. The highest BCUT2D eigenvalue weighted by molar-refractivity contribution is 8.02. The molecule has 6 nitrogen and oxygen atoms in total. The van der Waals surface area contributed by atoms with Gasteiger partial charge in [-0.3, -0.25) is 14.5 Å². The summed E-state index contributed by atoms with van der Waals surface area (Å²) < 4.78 is 13.8. The van der Waals surface area contributed by atoms with Crippen molar-refractivity contribution < 1.29 is 14.0 Å². The van der Waals surface area contributed by atoms with Gasteiger partial charge in [-0.2, -0.15) is 0 Å². The van der Waals surface area contributed by atoms with E-state index in [1.165, 1.54) is 52.3 Å². The first-order valence-corrected chi connectivity index (χ1v) is 9.57. The van der Waals surface area contributed by atoms with Crippen molar-refractivity contribution in [2.45, 2.75) is 28.9 Å². The average molecular weight is 380 g/mol. The van der Waals surface area contributed by atoms with Gasteiger partial charge in [0.2, 0.25) is 11.0 Å². The van der Waals surface area contributed by atoms with Crippen molar-refractivity contribution in [1.82, 2.24) is 15.1 Å². The third-order valence-electron chi connectivity index (χ3n) is 3.84. The van der Waals surface area contributed by atoms with Crippen molar-refractivity contribution in [2.24, 2.45) is 0 Å². The molecule has 0 aliphatic carbocycles. The van der Waals surface area contributed by atoms with E-state index < -0.39 is 5.82 Å². The molecule has 1 aromatic carbocycles. The molecule has 1 fully saturated rings. The maximum absolute atomic E-state index is 13.1. The molecule has 2 heterocycles. The lowest BCUT2D eigenvalue weighted by Crippen LogP contribution is -2.41. The van der Waals surface area contributed by atoms with Gasteiger partial charge in [0.25, 0.3) is 5.91 Å². The van der Waals surface area contributed by atoms with Gasteiger partial charge in [0.15, 0.2) is 4.34 Å². The number of hydrogen-bond acceptors (Lipinski definition) is 7. The van der Waals surface area contributed by atoms with Gasteiger partial charge in [-0.05, 0) is 37.1 Å². The van der Waals surface area contributed by atoms with Crippen LogP contribution in [0.5, 0.6) is 0 Å². The summed E-state index contributed by atoms with van der Waals surface area (Å²) in [5, 5.41) is 11.2. The zero-order valence-corrected chi connectivity index (χ0v) is 15.2. The van der Waals surface area contributed by atoms with Crippen LogP contribution in [0.3, 0.4) is 0 Å². The number of nitrogens with zero attached hydrogens (tertiary/aromatic N) is 3. The fourth-order valence-corrected chi connectivity index (χ4v) is 4.60. The molecule has 0 spiro atoms. The predicted octanol–water partition coefficient (Wildman–Crippen LogP) is 3.03. The second-order valence-electron chi connectivity index (χ2n) is 5.53. The van der Waals surface area contributed by atoms with Crippen molar-refractivity contribution in [3.8, 4) is 0 Å². The zero-order chi connectivity index (χ0) is 17.8. The summed E-state index contributed by atoms with van der Waals surface area (Å²) >= 11 is 2.72. The molecular formula is C16H17FN4O2S2. The first-order valence-electron chi connectivity index (χ1n) is 7.87. The Morgan fingerprint density at radius 1 is 1.32 bits per heavy atom. The van der Waals surface area contributed by atoms with E-state index in [1.54, 1.807) is 7.05 Å². The molecule has 0 saturated carbocycles. The Morgan fingerprint density at radius 2 is 2.08 bits per heavy atom. The number of rotatable bonds is 4. The van der Waals surface area contributed by atoms with Gasteiger partial charge in [0.05, 0.1) is 5.25 Å². The van der Waals surface area contributed by atoms with Crippen LogP contribution in [0.4, 0.5) is 9.52 Å². The minimum absolute atomic E-state index is 0.224. The summed E-state index contributed by atoms with van der Waals surface area (Å²) in [6, 6.07) is 5.26. The predicted molar refractivity (Wildman–Crippen MR) is 95.4 cm³/mol. The van der Waals surface area contributed by atoms with Gasteiger partial charge in [-0.15, -0.1) is 10.2 Å². The molecule has 2 amide bonds. The Morgan fingerprint density at radius 3 is 2.76 bits per heavy atom. The Bertz CT molecular complexity index is 766. The topological polar surface area (TPSA) is 75.2 Å². The normalized spacial score (nSPS) is 18.1. The Labute approximate surface area is 152 Å². The van der Waals surface area contributed by atoms with Crippen LogP contribution in [0.25, 0.3) is 0 Å². The smallest absolute Gasteiger partial charge is 0.260 e. The van der Waals surface area contributed by atoms with Crippen molar-refractivity contribution in [3.05, 3.63) is 35.6 Å². The summed E-state index contributed by atoms with van der Waals surface area (Å²) in [6.45, 7) is 0.379. The highest BCUT2D eigenvalue weighted by Gasteiger charge is 2.33. The van der Waals surface area contributed by atoms with Gasteiger partial charge in [-0.1, -0.05) is 29.5 Å². The number of hydrogen-bond donors (Lipinski definition) is 1. The van der Waals surface area contributed by atoms with Crippen molar-refractivity contribution in [1.29, 1.82) is 0 Å². The third-order valence-corrected chi connectivity index (χ3v) is 6.12. The fourth-order valence-electron chi connectivity index (χ4n) is 2.55. The van der Waals surface area contributed by atoms with Crippen LogP contribution in [-0.2, 0) is 4.79 Å². The summed E-state index contributed by atoms with van der Waals surface area (Å²) in [5.41, 5.74) is 0.314. The molecule has 0 radical (unpaired) electrons. The van der Waals surface area contributed by atoms with E-state index in [2.05, 4.69) is 15.5 Å². The number of halogens is 1. The number of nitrogens with one attached hydrogen (secondary N) is 1. The highest BCUT2D eigenvalue weighted by atomic mass is 32.2. The van der Waals surface area contributed by atoms with E-state index in [4.69, 9.17) is 0 Å². The van der Waals surface area contributed by atoms with E-state index in [0.29, 0.717) is 28.0 Å². The van der Waals surface area contributed by atoms with E-state index in [9.17, 15) is 14.0 Å². The lowest BCUT2D eigenvalue weighted by molar-refractivity contribution is -0.127. The van der Waals surface area contributed by atoms with Crippen molar-refractivity contribution in [3.63, 3.8) is 0 Å². The van der Waals surface area contributed by atoms with Crippen LogP contribution >= 0.6 is 23.1 Å². The largest absolute Gasteiger partial charge is 0.363 e. The fraction of sp³-hybridized carbons (Fsp3) is 0.375. The highest BCUT2D eigenvalue weighted by Crippen LogP contribution is 2.33. The molecule has 0 bridgehead atoms.